The second-order valence-electron chi connectivity index (χ2n) is 3.23. The maximum absolute atomic E-state index is 9.09. The van der Waals surface area contributed by atoms with E-state index in [9.17, 15) is 0 Å². The van der Waals surface area contributed by atoms with E-state index in [0.717, 1.165) is 3.86 Å². The Bertz CT molecular complexity index is 241. The third-order valence-corrected chi connectivity index (χ3v) is 7.42. The zero-order valence-electron chi connectivity index (χ0n) is 7.78. The molecule has 0 saturated carbocycles. The van der Waals surface area contributed by atoms with E-state index in [0.29, 0.717) is 5.75 Å². The molecule has 0 heterocycles. The first-order valence-electron chi connectivity index (χ1n) is 4.06. The molecule has 66 valence electrons. The molecule has 1 atom stereocenters. The monoisotopic (exact) mass is 272 g/mol. The van der Waals surface area contributed by atoms with Gasteiger partial charge in [-0.25, -0.2) is 0 Å². The van der Waals surface area contributed by atoms with Crippen LogP contribution in [0.15, 0.2) is 24.3 Å². The van der Waals surface area contributed by atoms with Crippen LogP contribution in [-0.2, 0) is 0 Å². The summed E-state index contributed by atoms with van der Waals surface area (Å²) in [7, 11) is 0. The average Bonchev–Trinajstić information content (AvgIpc) is 2.04. The van der Waals surface area contributed by atoms with Crippen LogP contribution in [0.25, 0.3) is 0 Å². The summed E-state index contributed by atoms with van der Waals surface area (Å²) in [6, 6.07) is 7.61. The molecule has 1 aromatic carbocycles. The Morgan fingerprint density at radius 1 is 1.17 bits per heavy atom. The average molecular weight is 273 g/mol. The Hall–Kier alpha value is -0.162. The maximum atomic E-state index is 9.09. The van der Waals surface area contributed by atoms with Gasteiger partial charge in [-0.2, -0.15) is 0 Å². The zero-order chi connectivity index (χ0) is 9.14. The first-order valence-corrected chi connectivity index (χ1v) is 10.6. The summed E-state index contributed by atoms with van der Waals surface area (Å²) in [5, 5.41) is 9.09. The number of benzene rings is 1. The van der Waals surface area contributed by atoms with Gasteiger partial charge in [0.2, 0.25) is 0 Å². The van der Waals surface area contributed by atoms with Crippen LogP contribution >= 0.6 is 0 Å². The zero-order valence-corrected chi connectivity index (χ0v) is 10.3. The van der Waals surface area contributed by atoms with Crippen molar-refractivity contribution in [1.82, 2.24) is 0 Å². The molecule has 0 fully saturated rings. The molecule has 1 unspecified atom stereocenters. The number of hydrogen-bond acceptors (Lipinski definition) is 1. The summed E-state index contributed by atoms with van der Waals surface area (Å²) in [6.45, 7) is 2.29. The van der Waals surface area contributed by atoms with E-state index in [4.69, 9.17) is 5.11 Å². The van der Waals surface area contributed by atoms with Gasteiger partial charge in [-0.05, 0) is 0 Å². The normalized spacial score (nSPS) is 13.3. The van der Waals surface area contributed by atoms with Crippen molar-refractivity contribution in [2.75, 3.05) is 0 Å². The van der Waals surface area contributed by atoms with Crippen molar-refractivity contribution in [3.05, 3.63) is 29.8 Å². The third kappa shape index (κ3) is 2.42. The van der Waals surface area contributed by atoms with Crippen LogP contribution in [0.3, 0.4) is 0 Å². The molecule has 0 aliphatic heterocycles. The van der Waals surface area contributed by atoms with Crippen molar-refractivity contribution in [3.8, 4) is 5.75 Å². The fourth-order valence-electron chi connectivity index (χ4n) is 1.05. The number of phenols is 1. The Kier molecular flexibility index (Phi) is 3.46. The second-order valence-corrected chi connectivity index (χ2v) is 10.9. The van der Waals surface area contributed by atoms with Crippen LogP contribution in [0.1, 0.15) is 16.4 Å². The van der Waals surface area contributed by atoms with Gasteiger partial charge in [0.1, 0.15) is 0 Å². The quantitative estimate of drug-likeness (QED) is 0.821. The van der Waals surface area contributed by atoms with Gasteiger partial charge >= 0.3 is 81.4 Å². The van der Waals surface area contributed by atoms with E-state index in [2.05, 4.69) is 16.7 Å². The molecule has 0 aliphatic rings. The summed E-state index contributed by atoms with van der Waals surface area (Å²) in [5.41, 5.74) is 1.38. The van der Waals surface area contributed by atoms with E-state index in [1.165, 1.54) is 5.56 Å². The number of rotatable bonds is 2. The van der Waals surface area contributed by atoms with Crippen LogP contribution in [0.4, 0.5) is 0 Å². The summed E-state index contributed by atoms with van der Waals surface area (Å²) >= 11 is -0.984. The molecule has 0 bridgehead atoms. The van der Waals surface area contributed by atoms with Crippen LogP contribution < -0.4 is 0 Å². The fraction of sp³-hybridized carbons (Fsp3) is 0.400. The Balaban J connectivity index is 2.82. The second kappa shape index (κ2) is 4.18. The SMILES string of the molecule is C[CH](c1ccc(O)cc1)[Sb]([CH3])[CH3]. The Labute approximate surface area is 81.4 Å². The van der Waals surface area contributed by atoms with E-state index < -0.39 is 20.2 Å². The van der Waals surface area contributed by atoms with Crippen molar-refractivity contribution >= 4 is 20.2 Å². The van der Waals surface area contributed by atoms with Crippen LogP contribution in [-0.4, -0.2) is 25.3 Å². The van der Waals surface area contributed by atoms with Crippen LogP contribution in [0.2, 0.25) is 9.74 Å². The van der Waals surface area contributed by atoms with Gasteiger partial charge in [0, 0.05) is 0 Å². The van der Waals surface area contributed by atoms with Gasteiger partial charge in [0.25, 0.3) is 0 Å². The molecule has 1 aromatic rings. The Morgan fingerprint density at radius 3 is 2.08 bits per heavy atom. The number of hydrogen-bond donors (Lipinski definition) is 1. The first-order chi connectivity index (χ1) is 5.61. The van der Waals surface area contributed by atoms with Crippen molar-refractivity contribution in [2.24, 2.45) is 0 Å². The minimum absolute atomic E-state index is 0.363. The minimum atomic E-state index is -0.984. The number of aromatic hydroxyl groups is 1. The van der Waals surface area contributed by atoms with Gasteiger partial charge in [-0.1, -0.05) is 0 Å². The molecular formula is C10H15OSb. The molecule has 0 aromatic heterocycles. The van der Waals surface area contributed by atoms with Gasteiger partial charge in [-0.15, -0.1) is 0 Å². The molecule has 0 radical (unpaired) electrons. The third-order valence-electron chi connectivity index (χ3n) is 2.15. The summed E-state index contributed by atoms with van der Waals surface area (Å²) in [5.74, 6) is 0.363. The molecule has 0 spiro atoms. The van der Waals surface area contributed by atoms with Gasteiger partial charge in [0.15, 0.2) is 0 Å². The van der Waals surface area contributed by atoms with Crippen molar-refractivity contribution < 1.29 is 5.11 Å². The molecule has 2 heteroatoms. The number of phenolic OH excluding ortho intramolecular Hbond substituents is 1. The molecule has 0 amide bonds. The van der Waals surface area contributed by atoms with Crippen LogP contribution in [0.5, 0.6) is 5.75 Å². The molecule has 0 saturated heterocycles. The molecular weight excluding hydrogens is 258 g/mol. The molecule has 1 nitrogen and oxygen atoms in total. The molecule has 0 aliphatic carbocycles. The predicted octanol–water partition coefficient (Wildman–Crippen LogP) is 2.79. The summed E-state index contributed by atoms with van der Waals surface area (Å²) in [4.78, 5) is 4.78. The fourth-order valence-corrected chi connectivity index (χ4v) is 3.24. The molecule has 1 rings (SSSR count). The predicted molar refractivity (Wildman–Crippen MR) is 54.0 cm³/mol. The summed E-state index contributed by atoms with van der Waals surface area (Å²) < 4.78 is 0.744. The van der Waals surface area contributed by atoms with E-state index in [1.807, 2.05) is 12.1 Å². The summed E-state index contributed by atoms with van der Waals surface area (Å²) in [6.07, 6.45) is 0. The molecule has 12 heavy (non-hydrogen) atoms. The van der Waals surface area contributed by atoms with Crippen molar-refractivity contribution in [3.63, 3.8) is 0 Å². The van der Waals surface area contributed by atoms with Crippen molar-refractivity contribution in [1.29, 1.82) is 0 Å². The van der Waals surface area contributed by atoms with E-state index >= 15 is 0 Å². The van der Waals surface area contributed by atoms with Gasteiger partial charge in [-0.3, -0.25) is 0 Å². The standard InChI is InChI=1S/C8H9O.2CH3.Sb/c1-2-7-3-5-8(9)6-4-7;;;/h2-6,9H,1H3;2*1H3;. The topological polar surface area (TPSA) is 20.2 Å². The first kappa shape index (κ1) is 9.92. The van der Waals surface area contributed by atoms with E-state index in [-0.39, 0.29) is 0 Å². The molecule has 1 N–H and O–H groups in total. The Morgan fingerprint density at radius 2 is 1.67 bits per heavy atom. The van der Waals surface area contributed by atoms with E-state index in [1.54, 1.807) is 12.1 Å². The van der Waals surface area contributed by atoms with Crippen LogP contribution in [0, 0.1) is 0 Å². The van der Waals surface area contributed by atoms with Crippen molar-refractivity contribution in [2.45, 2.75) is 20.5 Å². The van der Waals surface area contributed by atoms with Gasteiger partial charge in [0.05, 0.1) is 0 Å². The van der Waals surface area contributed by atoms with Gasteiger partial charge < -0.3 is 0 Å².